The molecule has 17 heavy (non-hydrogen) atoms. The summed E-state index contributed by atoms with van der Waals surface area (Å²) in [6, 6.07) is 4.32. The number of hydrogen-bond donors (Lipinski definition) is 1. The Morgan fingerprint density at radius 2 is 1.82 bits per heavy atom. The molecule has 2 rings (SSSR count). The summed E-state index contributed by atoms with van der Waals surface area (Å²) in [6.45, 7) is 3.25. The van der Waals surface area contributed by atoms with E-state index in [0.717, 1.165) is 38.7 Å². The van der Waals surface area contributed by atoms with Gasteiger partial charge < -0.3 is 10.2 Å². The van der Waals surface area contributed by atoms with Crippen molar-refractivity contribution in [2.75, 3.05) is 31.1 Å². The summed E-state index contributed by atoms with van der Waals surface area (Å²) in [4.78, 5) is 1.89. The fourth-order valence-corrected chi connectivity index (χ4v) is 1.82. The molecule has 1 aliphatic heterocycles. The topological polar surface area (TPSA) is 15.3 Å². The molecule has 1 fully saturated rings. The lowest BCUT2D eigenvalue weighted by molar-refractivity contribution is 0.506. The van der Waals surface area contributed by atoms with E-state index in [0.29, 0.717) is 5.69 Å². The zero-order chi connectivity index (χ0) is 10.7. The summed E-state index contributed by atoms with van der Waals surface area (Å²) in [5.41, 5.74) is 0.374. The van der Waals surface area contributed by atoms with E-state index >= 15 is 0 Å². The molecule has 0 aliphatic carbocycles. The molecule has 6 heteroatoms. The normalized spacial score (nSPS) is 15.5. The summed E-state index contributed by atoms with van der Waals surface area (Å²) >= 11 is 0. The Bertz CT molecular complexity index is 342. The van der Waals surface area contributed by atoms with Crippen LogP contribution in [0.5, 0.6) is 0 Å². The van der Waals surface area contributed by atoms with E-state index in [1.807, 2.05) is 4.90 Å². The van der Waals surface area contributed by atoms with Crippen LogP contribution in [0.25, 0.3) is 0 Å². The number of rotatable bonds is 1. The highest BCUT2D eigenvalue weighted by atomic mass is 35.5. The largest absolute Gasteiger partial charge is 0.368 e. The van der Waals surface area contributed by atoms with Crippen molar-refractivity contribution >= 4 is 30.5 Å². The third-order valence-corrected chi connectivity index (χ3v) is 2.61. The Kier molecular flexibility index (Phi) is 7.43. The maximum atomic E-state index is 13.5. The predicted molar refractivity (Wildman–Crippen MR) is 70.6 cm³/mol. The van der Waals surface area contributed by atoms with Crippen LogP contribution in [0.4, 0.5) is 14.5 Å². The van der Waals surface area contributed by atoms with E-state index in [1.54, 1.807) is 12.1 Å². The fraction of sp³-hybridized carbons (Fsp3) is 0.455. The van der Waals surface area contributed by atoms with Gasteiger partial charge >= 0.3 is 0 Å². The van der Waals surface area contributed by atoms with Crippen LogP contribution in [-0.2, 0) is 0 Å². The van der Waals surface area contributed by atoms with Gasteiger partial charge in [0, 0.05) is 19.6 Å². The molecule has 0 radical (unpaired) electrons. The minimum absolute atomic E-state index is 0. The number of nitrogens with zero attached hydrogens (tertiary/aromatic N) is 1. The number of anilines is 1. The van der Waals surface area contributed by atoms with E-state index in [-0.39, 0.29) is 24.8 Å². The number of benzene rings is 1. The van der Waals surface area contributed by atoms with Gasteiger partial charge in [0.25, 0.3) is 0 Å². The first kappa shape index (κ1) is 16.4. The Morgan fingerprint density at radius 3 is 2.59 bits per heavy atom. The molecule has 1 N–H and O–H groups in total. The van der Waals surface area contributed by atoms with E-state index in [2.05, 4.69) is 5.32 Å². The van der Waals surface area contributed by atoms with Crippen molar-refractivity contribution in [3.63, 3.8) is 0 Å². The Labute approximate surface area is 112 Å². The van der Waals surface area contributed by atoms with Gasteiger partial charge in [-0.05, 0) is 25.1 Å². The van der Waals surface area contributed by atoms with Crippen LogP contribution in [-0.4, -0.2) is 26.2 Å². The van der Waals surface area contributed by atoms with Gasteiger partial charge in [0.1, 0.15) is 0 Å². The second kappa shape index (κ2) is 7.69. The molecule has 0 bridgehead atoms. The Balaban J connectivity index is 0.00000128. The Morgan fingerprint density at radius 1 is 1.06 bits per heavy atom. The van der Waals surface area contributed by atoms with Crippen LogP contribution in [0.15, 0.2) is 18.2 Å². The summed E-state index contributed by atoms with van der Waals surface area (Å²) in [5.74, 6) is -1.51. The monoisotopic (exact) mass is 284 g/mol. The summed E-state index contributed by atoms with van der Waals surface area (Å²) in [5, 5.41) is 3.22. The Hall–Kier alpha value is -0.580. The van der Waals surface area contributed by atoms with Crippen LogP contribution >= 0.6 is 24.8 Å². The lowest BCUT2D eigenvalue weighted by Crippen LogP contribution is -2.28. The molecule has 0 amide bonds. The highest BCUT2D eigenvalue weighted by molar-refractivity contribution is 5.85. The third-order valence-electron chi connectivity index (χ3n) is 2.61. The first-order valence-corrected chi connectivity index (χ1v) is 5.19. The molecule has 1 heterocycles. The maximum absolute atomic E-state index is 13.5. The molecule has 0 spiro atoms. The number of halogens is 4. The fourth-order valence-electron chi connectivity index (χ4n) is 1.82. The van der Waals surface area contributed by atoms with E-state index < -0.39 is 11.6 Å². The van der Waals surface area contributed by atoms with Gasteiger partial charge in [-0.1, -0.05) is 6.07 Å². The smallest absolute Gasteiger partial charge is 0.182 e. The van der Waals surface area contributed by atoms with Gasteiger partial charge in [-0.25, -0.2) is 8.78 Å². The minimum Gasteiger partial charge on any atom is -0.368 e. The molecule has 0 unspecified atom stereocenters. The molecule has 0 atom stereocenters. The predicted octanol–water partition coefficient (Wildman–Crippen LogP) is 2.61. The summed E-state index contributed by atoms with van der Waals surface area (Å²) in [6.07, 6.45) is 0.954. The molecule has 1 aromatic rings. The molecule has 98 valence electrons. The van der Waals surface area contributed by atoms with Gasteiger partial charge in [0.15, 0.2) is 11.6 Å². The highest BCUT2D eigenvalue weighted by Gasteiger charge is 2.15. The van der Waals surface area contributed by atoms with Gasteiger partial charge in [-0.2, -0.15) is 0 Å². The zero-order valence-electron chi connectivity index (χ0n) is 9.29. The lowest BCUT2D eigenvalue weighted by atomic mass is 10.2. The molecule has 2 nitrogen and oxygen atoms in total. The highest BCUT2D eigenvalue weighted by Crippen LogP contribution is 2.21. The molecule has 1 saturated heterocycles. The first-order chi connectivity index (χ1) is 7.29. The van der Waals surface area contributed by atoms with Crippen molar-refractivity contribution < 1.29 is 8.78 Å². The van der Waals surface area contributed by atoms with Crippen molar-refractivity contribution in [3.8, 4) is 0 Å². The lowest BCUT2D eigenvalue weighted by Gasteiger charge is -2.22. The molecule has 1 aliphatic rings. The van der Waals surface area contributed by atoms with Crippen molar-refractivity contribution in [3.05, 3.63) is 29.8 Å². The van der Waals surface area contributed by atoms with Gasteiger partial charge in [0.2, 0.25) is 0 Å². The molecule has 0 aromatic heterocycles. The quantitative estimate of drug-likeness (QED) is 0.853. The van der Waals surface area contributed by atoms with Crippen LogP contribution in [0.2, 0.25) is 0 Å². The molecule has 1 aromatic carbocycles. The van der Waals surface area contributed by atoms with Crippen molar-refractivity contribution in [1.82, 2.24) is 5.32 Å². The average Bonchev–Trinajstić information content (AvgIpc) is 2.50. The van der Waals surface area contributed by atoms with Gasteiger partial charge in [0.05, 0.1) is 5.69 Å². The first-order valence-electron chi connectivity index (χ1n) is 5.19. The van der Waals surface area contributed by atoms with Crippen LogP contribution in [0.3, 0.4) is 0 Å². The standard InChI is InChI=1S/C11H14F2N2.2ClH/c12-9-3-1-4-10(11(9)13)15-7-2-5-14-6-8-15;;/h1,3-4,14H,2,5-8H2;2*1H. The number of nitrogens with one attached hydrogen (secondary N) is 1. The molecular formula is C11H16Cl2F2N2. The van der Waals surface area contributed by atoms with Crippen molar-refractivity contribution in [1.29, 1.82) is 0 Å². The van der Waals surface area contributed by atoms with Crippen LogP contribution in [0.1, 0.15) is 6.42 Å². The molecule has 0 saturated carbocycles. The van der Waals surface area contributed by atoms with Crippen LogP contribution < -0.4 is 10.2 Å². The SMILES string of the molecule is Cl.Cl.Fc1cccc(N2CCCNCC2)c1F. The van der Waals surface area contributed by atoms with Crippen molar-refractivity contribution in [2.24, 2.45) is 0 Å². The maximum Gasteiger partial charge on any atom is 0.182 e. The van der Waals surface area contributed by atoms with Crippen LogP contribution in [0, 0.1) is 11.6 Å². The van der Waals surface area contributed by atoms with E-state index in [4.69, 9.17) is 0 Å². The zero-order valence-corrected chi connectivity index (χ0v) is 10.9. The average molecular weight is 285 g/mol. The summed E-state index contributed by atoms with van der Waals surface area (Å²) in [7, 11) is 0. The van der Waals surface area contributed by atoms with Crippen molar-refractivity contribution in [2.45, 2.75) is 6.42 Å². The second-order valence-corrected chi connectivity index (χ2v) is 3.66. The van der Waals surface area contributed by atoms with E-state index in [9.17, 15) is 8.78 Å². The number of hydrogen-bond acceptors (Lipinski definition) is 2. The van der Waals surface area contributed by atoms with Gasteiger partial charge in [-0.15, -0.1) is 24.8 Å². The van der Waals surface area contributed by atoms with Gasteiger partial charge in [-0.3, -0.25) is 0 Å². The minimum atomic E-state index is -0.773. The van der Waals surface area contributed by atoms with E-state index in [1.165, 1.54) is 0 Å². The molecular weight excluding hydrogens is 269 g/mol. The summed E-state index contributed by atoms with van der Waals surface area (Å²) < 4.78 is 26.5. The third kappa shape index (κ3) is 3.98. The second-order valence-electron chi connectivity index (χ2n) is 3.66.